The molecule has 3 nitrogen and oxygen atoms in total. The molecule has 0 aliphatic carbocycles. The van der Waals surface area contributed by atoms with Crippen molar-refractivity contribution in [1.29, 1.82) is 0 Å². The largest absolute Gasteiger partial charge is 0.368 e. The summed E-state index contributed by atoms with van der Waals surface area (Å²) in [5.41, 5.74) is 10.1. The van der Waals surface area contributed by atoms with Crippen molar-refractivity contribution in [1.82, 2.24) is 0 Å². The predicted molar refractivity (Wildman–Crippen MR) is 57.2 cm³/mol. The first-order chi connectivity index (χ1) is 6.35. The number of carbonyl (C=O) groups excluding carboxylic acids is 1. The summed E-state index contributed by atoms with van der Waals surface area (Å²) in [7, 11) is 0. The highest BCUT2D eigenvalue weighted by atomic mass is 35.5. The average Bonchev–Trinajstić information content (AvgIpc) is 2.02. The predicted octanol–water partition coefficient (Wildman–Crippen LogP) is 1.65. The standard InChI is InChI=1S/C9H10Cl2N2O/c1-9(13,8(12)14)6-3-2-5(10)4-7(6)11/h2-4H,13H2,1H3,(H2,12,14). The van der Waals surface area contributed by atoms with Crippen LogP contribution in [0.15, 0.2) is 18.2 Å². The van der Waals surface area contributed by atoms with Gasteiger partial charge in [0.1, 0.15) is 5.54 Å². The smallest absolute Gasteiger partial charge is 0.241 e. The summed E-state index contributed by atoms with van der Waals surface area (Å²) < 4.78 is 0. The SMILES string of the molecule is CC(N)(C(N)=O)c1ccc(Cl)cc1Cl. The van der Waals surface area contributed by atoms with Crippen molar-refractivity contribution < 1.29 is 4.79 Å². The highest BCUT2D eigenvalue weighted by Crippen LogP contribution is 2.28. The molecular weight excluding hydrogens is 223 g/mol. The van der Waals surface area contributed by atoms with Gasteiger partial charge in [-0.2, -0.15) is 0 Å². The Labute approximate surface area is 92.0 Å². The first-order valence-corrected chi connectivity index (χ1v) is 4.65. The number of primary amides is 1. The average molecular weight is 233 g/mol. The Balaban J connectivity index is 3.26. The van der Waals surface area contributed by atoms with Crippen LogP contribution >= 0.6 is 23.2 Å². The second-order valence-electron chi connectivity index (χ2n) is 3.19. The lowest BCUT2D eigenvalue weighted by Gasteiger charge is -2.22. The van der Waals surface area contributed by atoms with E-state index in [1.165, 1.54) is 13.0 Å². The van der Waals surface area contributed by atoms with Crippen LogP contribution in [0, 0.1) is 0 Å². The maximum absolute atomic E-state index is 11.1. The molecule has 0 aromatic heterocycles. The van der Waals surface area contributed by atoms with Crippen LogP contribution in [0.1, 0.15) is 12.5 Å². The third-order valence-corrected chi connectivity index (χ3v) is 2.55. The highest BCUT2D eigenvalue weighted by Gasteiger charge is 2.30. The fourth-order valence-electron chi connectivity index (χ4n) is 1.04. The van der Waals surface area contributed by atoms with Crippen LogP contribution in [0.3, 0.4) is 0 Å². The van der Waals surface area contributed by atoms with Crippen LogP contribution in [0.2, 0.25) is 10.0 Å². The van der Waals surface area contributed by atoms with Crippen LogP contribution in [0.25, 0.3) is 0 Å². The molecule has 0 saturated heterocycles. The quantitative estimate of drug-likeness (QED) is 0.815. The normalized spacial score (nSPS) is 14.9. The molecule has 0 radical (unpaired) electrons. The fourth-order valence-corrected chi connectivity index (χ4v) is 1.65. The maximum Gasteiger partial charge on any atom is 0.241 e. The van der Waals surface area contributed by atoms with Gasteiger partial charge in [0, 0.05) is 10.0 Å². The molecule has 0 fully saturated rings. The van der Waals surface area contributed by atoms with Crippen molar-refractivity contribution >= 4 is 29.1 Å². The van der Waals surface area contributed by atoms with Gasteiger partial charge in [-0.05, 0) is 24.6 Å². The zero-order valence-electron chi connectivity index (χ0n) is 7.55. The van der Waals surface area contributed by atoms with E-state index in [4.69, 9.17) is 34.7 Å². The molecule has 1 aromatic carbocycles. The minimum atomic E-state index is -1.28. The van der Waals surface area contributed by atoms with Gasteiger partial charge in [-0.15, -0.1) is 0 Å². The number of halogens is 2. The van der Waals surface area contributed by atoms with E-state index in [1.54, 1.807) is 12.1 Å². The van der Waals surface area contributed by atoms with E-state index >= 15 is 0 Å². The van der Waals surface area contributed by atoms with Crippen LogP contribution in [0.5, 0.6) is 0 Å². The molecule has 76 valence electrons. The van der Waals surface area contributed by atoms with Crippen LogP contribution in [-0.4, -0.2) is 5.91 Å². The van der Waals surface area contributed by atoms with Gasteiger partial charge < -0.3 is 11.5 Å². The second-order valence-corrected chi connectivity index (χ2v) is 4.03. The van der Waals surface area contributed by atoms with E-state index < -0.39 is 11.4 Å². The topological polar surface area (TPSA) is 69.1 Å². The van der Waals surface area contributed by atoms with Crippen molar-refractivity contribution in [3.8, 4) is 0 Å². The summed E-state index contributed by atoms with van der Waals surface area (Å²) >= 11 is 11.6. The van der Waals surface area contributed by atoms with E-state index in [0.717, 1.165) is 0 Å². The zero-order chi connectivity index (χ0) is 10.9. The lowest BCUT2D eigenvalue weighted by atomic mass is 9.92. The summed E-state index contributed by atoms with van der Waals surface area (Å²) in [6.45, 7) is 1.50. The Morgan fingerprint density at radius 1 is 1.43 bits per heavy atom. The van der Waals surface area contributed by atoms with E-state index in [9.17, 15) is 4.79 Å². The zero-order valence-corrected chi connectivity index (χ0v) is 9.06. The number of carbonyl (C=O) groups is 1. The highest BCUT2D eigenvalue weighted by molar-refractivity contribution is 6.35. The Hall–Kier alpha value is -0.770. The second kappa shape index (κ2) is 3.77. The molecule has 14 heavy (non-hydrogen) atoms. The lowest BCUT2D eigenvalue weighted by Crippen LogP contribution is -2.46. The summed E-state index contributed by atoms with van der Waals surface area (Å²) in [6.07, 6.45) is 0. The minimum Gasteiger partial charge on any atom is -0.368 e. The molecule has 0 saturated carbocycles. The minimum absolute atomic E-state index is 0.335. The summed E-state index contributed by atoms with van der Waals surface area (Å²) in [6, 6.07) is 4.72. The first kappa shape index (κ1) is 11.3. The third-order valence-electron chi connectivity index (χ3n) is 2.00. The number of rotatable bonds is 2. The van der Waals surface area contributed by atoms with Crippen molar-refractivity contribution in [2.45, 2.75) is 12.5 Å². The molecule has 1 aromatic rings. The summed E-state index contributed by atoms with van der Waals surface area (Å²) in [5, 5.41) is 0.820. The van der Waals surface area contributed by atoms with Gasteiger partial charge in [-0.3, -0.25) is 4.79 Å². The van der Waals surface area contributed by atoms with Gasteiger partial charge in [0.25, 0.3) is 0 Å². The third kappa shape index (κ3) is 2.00. The van der Waals surface area contributed by atoms with Gasteiger partial charge in [0.2, 0.25) is 5.91 Å². The fraction of sp³-hybridized carbons (Fsp3) is 0.222. The Morgan fingerprint density at radius 2 is 2.00 bits per heavy atom. The molecule has 0 bridgehead atoms. The number of nitrogens with two attached hydrogens (primary N) is 2. The Kier molecular flexibility index (Phi) is 3.04. The lowest BCUT2D eigenvalue weighted by molar-refractivity contribution is -0.122. The molecule has 0 aliphatic rings. The first-order valence-electron chi connectivity index (χ1n) is 3.90. The molecule has 1 amide bonds. The van der Waals surface area contributed by atoms with Gasteiger partial charge in [-0.25, -0.2) is 0 Å². The molecule has 4 N–H and O–H groups in total. The number of hydrogen-bond donors (Lipinski definition) is 2. The van der Waals surface area contributed by atoms with Crippen molar-refractivity contribution in [2.24, 2.45) is 11.5 Å². The van der Waals surface area contributed by atoms with Gasteiger partial charge in [-0.1, -0.05) is 29.3 Å². The van der Waals surface area contributed by atoms with Crippen molar-refractivity contribution in [3.05, 3.63) is 33.8 Å². The van der Waals surface area contributed by atoms with Gasteiger partial charge in [0.15, 0.2) is 0 Å². The van der Waals surface area contributed by atoms with Crippen molar-refractivity contribution in [2.75, 3.05) is 0 Å². The summed E-state index contributed by atoms with van der Waals surface area (Å²) in [5.74, 6) is -0.637. The van der Waals surface area contributed by atoms with Crippen LogP contribution in [-0.2, 0) is 10.3 Å². The molecule has 0 spiro atoms. The number of hydrogen-bond acceptors (Lipinski definition) is 2. The monoisotopic (exact) mass is 232 g/mol. The molecular formula is C9H10Cl2N2O. The van der Waals surface area contributed by atoms with Crippen LogP contribution < -0.4 is 11.5 Å². The summed E-state index contributed by atoms with van der Waals surface area (Å²) in [4.78, 5) is 11.1. The maximum atomic E-state index is 11.1. The van der Waals surface area contributed by atoms with Crippen molar-refractivity contribution in [3.63, 3.8) is 0 Å². The van der Waals surface area contributed by atoms with E-state index in [0.29, 0.717) is 15.6 Å². The van der Waals surface area contributed by atoms with Crippen LogP contribution in [0.4, 0.5) is 0 Å². The number of benzene rings is 1. The van der Waals surface area contributed by atoms with Gasteiger partial charge in [0.05, 0.1) is 0 Å². The van der Waals surface area contributed by atoms with E-state index in [2.05, 4.69) is 0 Å². The molecule has 1 rings (SSSR count). The molecule has 1 atom stereocenters. The van der Waals surface area contributed by atoms with E-state index in [-0.39, 0.29) is 0 Å². The molecule has 5 heteroatoms. The number of amides is 1. The Morgan fingerprint density at radius 3 is 2.43 bits per heavy atom. The van der Waals surface area contributed by atoms with E-state index in [1.807, 2.05) is 0 Å². The molecule has 1 unspecified atom stereocenters. The van der Waals surface area contributed by atoms with Gasteiger partial charge >= 0.3 is 0 Å². The molecule has 0 heterocycles. The Bertz CT molecular complexity index is 377. The molecule has 0 aliphatic heterocycles.